The predicted molar refractivity (Wildman–Crippen MR) is 35.7 cm³/mol. The Morgan fingerprint density at radius 1 is 1.60 bits per heavy atom. The van der Waals surface area contributed by atoms with Gasteiger partial charge in [0.2, 0.25) is 0 Å². The van der Waals surface area contributed by atoms with E-state index in [2.05, 4.69) is 0 Å². The van der Waals surface area contributed by atoms with E-state index in [0.717, 1.165) is 0 Å². The smallest absolute Gasteiger partial charge is 0.335 e. The lowest BCUT2D eigenvalue weighted by molar-refractivity contribution is 0.160. The van der Waals surface area contributed by atoms with Crippen LogP contribution in [0.5, 0.6) is 0 Å². The Bertz CT molecular complexity index is 251. The quantitative estimate of drug-likeness (QED) is 0.609. The predicted octanol–water partition coefficient (Wildman–Crippen LogP) is 0.786. The molecule has 0 spiro atoms. The molecule has 1 rings (SSSR count). The second-order valence-corrected chi connectivity index (χ2v) is 1.85. The minimum atomic E-state index is -0.338. The molecule has 0 atom stereocenters. The first-order chi connectivity index (χ1) is 4.83. The van der Waals surface area contributed by atoms with Gasteiger partial charge in [0, 0.05) is 13.2 Å². The molecule has 54 valence electrons. The van der Waals surface area contributed by atoms with Crippen LogP contribution in [0.25, 0.3) is 0 Å². The van der Waals surface area contributed by atoms with Crippen LogP contribution in [0.4, 0.5) is 0 Å². The molecule has 1 aromatic rings. The minimum Gasteiger partial charge on any atom is -0.425 e. The standard InChI is InChI=1S/C7H8O3/c1-9-5-6-3-2-4-7(8)10-6/h2-4H,5H2,1H3. The van der Waals surface area contributed by atoms with Crippen LogP contribution in [0.1, 0.15) is 5.76 Å². The van der Waals surface area contributed by atoms with Crippen molar-refractivity contribution in [2.45, 2.75) is 6.61 Å². The monoisotopic (exact) mass is 140 g/mol. The molecule has 10 heavy (non-hydrogen) atoms. The first-order valence-electron chi connectivity index (χ1n) is 2.91. The summed E-state index contributed by atoms with van der Waals surface area (Å²) in [6.07, 6.45) is 0. The molecule has 0 bridgehead atoms. The van der Waals surface area contributed by atoms with Crippen molar-refractivity contribution in [3.63, 3.8) is 0 Å². The Kier molecular flexibility index (Phi) is 2.23. The van der Waals surface area contributed by atoms with Gasteiger partial charge >= 0.3 is 5.63 Å². The molecule has 0 saturated carbocycles. The minimum absolute atomic E-state index is 0.338. The summed E-state index contributed by atoms with van der Waals surface area (Å²) in [6.45, 7) is 0.343. The van der Waals surface area contributed by atoms with Gasteiger partial charge in [-0.1, -0.05) is 6.07 Å². The Morgan fingerprint density at radius 3 is 3.00 bits per heavy atom. The normalized spacial score (nSPS) is 9.70. The van der Waals surface area contributed by atoms with Crippen LogP contribution >= 0.6 is 0 Å². The van der Waals surface area contributed by atoms with Gasteiger partial charge in [-0.2, -0.15) is 0 Å². The van der Waals surface area contributed by atoms with Crippen LogP contribution in [0, 0.1) is 0 Å². The van der Waals surface area contributed by atoms with Crippen LogP contribution < -0.4 is 5.63 Å². The zero-order chi connectivity index (χ0) is 7.40. The SMILES string of the molecule is COCc1cccc(=O)o1. The summed E-state index contributed by atoms with van der Waals surface area (Å²) >= 11 is 0. The second kappa shape index (κ2) is 3.17. The highest BCUT2D eigenvalue weighted by molar-refractivity contribution is 4.97. The summed E-state index contributed by atoms with van der Waals surface area (Å²) in [5, 5.41) is 0. The highest BCUT2D eigenvalue weighted by Gasteiger charge is 1.92. The van der Waals surface area contributed by atoms with Crippen molar-refractivity contribution in [1.82, 2.24) is 0 Å². The fourth-order valence-electron chi connectivity index (χ4n) is 0.651. The summed E-state index contributed by atoms with van der Waals surface area (Å²) in [5.41, 5.74) is -0.338. The van der Waals surface area contributed by atoms with E-state index in [1.165, 1.54) is 6.07 Å². The third kappa shape index (κ3) is 1.70. The van der Waals surface area contributed by atoms with Gasteiger partial charge in [-0.05, 0) is 6.07 Å². The van der Waals surface area contributed by atoms with E-state index in [4.69, 9.17) is 9.15 Å². The fourth-order valence-corrected chi connectivity index (χ4v) is 0.651. The molecule has 3 nitrogen and oxygen atoms in total. The molecule has 0 aliphatic heterocycles. The first-order valence-corrected chi connectivity index (χ1v) is 2.91. The highest BCUT2D eigenvalue weighted by atomic mass is 16.5. The molecular weight excluding hydrogens is 132 g/mol. The second-order valence-electron chi connectivity index (χ2n) is 1.85. The van der Waals surface area contributed by atoms with Gasteiger partial charge in [0.1, 0.15) is 12.4 Å². The maximum absolute atomic E-state index is 10.5. The van der Waals surface area contributed by atoms with Crippen LogP contribution in [0.2, 0.25) is 0 Å². The van der Waals surface area contributed by atoms with Crippen molar-refractivity contribution >= 4 is 0 Å². The topological polar surface area (TPSA) is 39.4 Å². The number of methoxy groups -OCH3 is 1. The molecule has 0 radical (unpaired) electrons. The molecule has 0 aliphatic carbocycles. The summed E-state index contributed by atoms with van der Waals surface area (Å²) < 4.78 is 9.49. The maximum Gasteiger partial charge on any atom is 0.335 e. The Morgan fingerprint density at radius 2 is 2.40 bits per heavy atom. The number of ether oxygens (including phenoxy) is 1. The molecular formula is C7H8O3. The van der Waals surface area contributed by atoms with Gasteiger partial charge in [0.15, 0.2) is 0 Å². The average molecular weight is 140 g/mol. The van der Waals surface area contributed by atoms with E-state index < -0.39 is 0 Å². The summed E-state index contributed by atoms with van der Waals surface area (Å²) in [4.78, 5) is 10.5. The molecule has 0 aliphatic rings. The van der Waals surface area contributed by atoms with Gasteiger partial charge < -0.3 is 9.15 Å². The Balaban J connectivity index is 2.85. The van der Waals surface area contributed by atoms with Crippen molar-refractivity contribution < 1.29 is 9.15 Å². The molecule has 1 heterocycles. The molecule has 0 fully saturated rings. The van der Waals surface area contributed by atoms with Crippen LogP contribution in [0.3, 0.4) is 0 Å². The largest absolute Gasteiger partial charge is 0.425 e. The first kappa shape index (κ1) is 7.02. The summed E-state index contributed by atoms with van der Waals surface area (Å²) in [6, 6.07) is 4.70. The molecule has 0 amide bonds. The van der Waals surface area contributed by atoms with E-state index in [1.54, 1.807) is 19.2 Å². The number of hydrogen-bond donors (Lipinski definition) is 0. The van der Waals surface area contributed by atoms with Crippen LogP contribution in [-0.4, -0.2) is 7.11 Å². The van der Waals surface area contributed by atoms with Crippen LogP contribution in [0.15, 0.2) is 27.4 Å². The molecule has 0 saturated heterocycles. The molecule has 0 N–H and O–H groups in total. The maximum atomic E-state index is 10.5. The molecule has 1 aromatic heterocycles. The van der Waals surface area contributed by atoms with Gasteiger partial charge in [-0.25, -0.2) is 4.79 Å². The molecule has 0 unspecified atom stereocenters. The van der Waals surface area contributed by atoms with Gasteiger partial charge in [0.05, 0.1) is 0 Å². The van der Waals surface area contributed by atoms with E-state index in [9.17, 15) is 4.79 Å². The van der Waals surface area contributed by atoms with Gasteiger partial charge in [0.25, 0.3) is 0 Å². The van der Waals surface area contributed by atoms with Gasteiger partial charge in [-0.3, -0.25) is 0 Å². The Labute approximate surface area is 58.2 Å². The van der Waals surface area contributed by atoms with E-state index in [-0.39, 0.29) is 5.63 Å². The fraction of sp³-hybridized carbons (Fsp3) is 0.286. The number of hydrogen-bond acceptors (Lipinski definition) is 3. The number of rotatable bonds is 2. The highest BCUT2D eigenvalue weighted by Crippen LogP contribution is 1.94. The van der Waals surface area contributed by atoms with E-state index in [1.807, 2.05) is 0 Å². The van der Waals surface area contributed by atoms with E-state index in [0.29, 0.717) is 12.4 Å². The average Bonchev–Trinajstić information content (AvgIpc) is 1.88. The lowest BCUT2D eigenvalue weighted by atomic mass is 10.4. The van der Waals surface area contributed by atoms with Crippen LogP contribution in [-0.2, 0) is 11.3 Å². The van der Waals surface area contributed by atoms with Crippen molar-refractivity contribution in [3.05, 3.63) is 34.4 Å². The van der Waals surface area contributed by atoms with Crippen molar-refractivity contribution in [1.29, 1.82) is 0 Å². The summed E-state index contributed by atoms with van der Waals surface area (Å²) in [5.74, 6) is 0.551. The van der Waals surface area contributed by atoms with E-state index >= 15 is 0 Å². The molecule has 3 heteroatoms. The van der Waals surface area contributed by atoms with Crippen molar-refractivity contribution in [3.8, 4) is 0 Å². The molecule has 0 aromatic carbocycles. The zero-order valence-corrected chi connectivity index (χ0v) is 5.66. The third-order valence-electron chi connectivity index (χ3n) is 1.03. The van der Waals surface area contributed by atoms with Crippen molar-refractivity contribution in [2.24, 2.45) is 0 Å². The summed E-state index contributed by atoms with van der Waals surface area (Å²) in [7, 11) is 1.55. The third-order valence-corrected chi connectivity index (χ3v) is 1.03. The Hall–Kier alpha value is -1.09. The zero-order valence-electron chi connectivity index (χ0n) is 5.66. The lowest BCUT2D eigenvalue weighted by Crippen LogP contribution is -1.98. The lowest BCUT2D eigenvalue weighted by Gasteiger charge is -1.94. The van der Waals surface area contributed by atoms with Crippen molar-refractivity contribution in [2.75, 3.05) is 7.11 Å². The van der Waals surface area contributed by atoms with Gasteiger partial charge in [-0.15, -0.1) is 0 Å².